The van der Waals surface area contributed by atoms with E-state index in [0.717, 1.165) is 41.9 Å². The predicted octanol–water partition coefficient (Wildman–Crippen LogP) is 3.00. The molecule has 2 aromatic rings. The summed E-state index contributed by atoms with van der Waals surface area (Å²) in [4.78, 5) is 18.6. The summed E-state index contributed by atoms with van der Waals surface area (Å²) < 4.78 is 37.0. The van der Waals surface area contributed by atoms with Crippen molar-refractivity contribution < 1.29 is 22.7 Å². The molecule has 1 aliphatic heterocycles. The molecule has 0 unspecified atom stereocenters. The Morgan fingerprint density at radius 2 is 1.80 bits per heavy atom. The van der Waals surface area contributed by atoms with Crippen molar-refractivity contribution in [1.82, 2.24) is 14.1 Å². The van der Waals surface area contributed by atoms with Crippen LogP contribution < -0.4 is 9.47 Å². The maximum absolute atomic E-state index is 13.4. The van der Waals surface area contributed by atoms with Crippen LogP contribution in [-0.4, -0.2) is 88.2 Å². The number of rotatable bonds is 13. The molecule has 0 atom stereocenters. The Balaban J connectivity index is 1.73. The lowest BCUT2D eigenvalue weighted by Crippen LogP contribution is -2.45. The van der Waals surface area contributed by atoms with Gasteiger partial charge in [0.2, 0.25) is 15.9 Å². The van der Waals surface area contributed by atoms with Crippen molar-refractivity contribution in [2.75, 3.05) is 59.7 Å². The Morgan fingerprint density at radius 3 is 2.40 bits per heavy atom. The monoisotopic (exact) mass is 523 g/mol. The zero-order valence-corrected chi connectivity index (χ0v) is 22.8. The number of carbonyl (C=O) groups excluding carboxylic acids is 1. The molecular formula is C25H37N3O5S2. The van der Waals surface area contributed by atoms with Crippen LogP contribution in [0.25, 0.3) is 0 Å². The van der Waals surface area contributed by atoms with E-state index in [1.807, 2.05) is 36.6 Å². The third-order valence-corrected chi connectivity index (χ3v) is 8.68. The van der Waals surface area contributed by atoms with Crippen molar-refractivity contribution in [2.45, 2.75) is 32.7 Å². The van der Waals surface area contributed by atoms with Gasteiger partial charge in [-0.2, -0.15) is 4.31 Å². The van der Waals surface area contributed by atoms with Gasteiger partial charge in [0.05, 0.1) is 33.6 Å². The molecule has 8 nitrogen and oxygen atoms in total. The zero-order valence-electron chi connectivity index (χ0n) is 21.2. The van der Waals surface area contributed by atoms with E-state index in [9.17, 15) is 13.2 Å². The average molecular weight is 524 g/mol. The number of amides is 1. The van der Waals surface area contributed by atoms with Gasteiger partial charge in [0, 0.05) is 24.5 Å². The Kier molecular flexibility index (Phi) is 9.97. The summed E-state index contributed by atoms with van der Waals surface area (Å²) in [6.45, 7) is 5.75. The number of methoxy groups -OCH3 is 2. The van der Waals surface area contributed by atoms with Gasteiger partial charge in [-0.15, -0.1) is 11.3 Å². The number of hydrogen-bond donors (Lipinski definition) is 0. The van der Waals surface area contributed by atoms with Gasteiger partial charge in [-0.05, 0) is 74.0 Å². The van der Waals surface area contributed by atoms with E-state index < -0.39 is 10.0 Å². The predicted molar refractivity (Wildman–Crippen MR) is 140 cm³/mol. The van der Waals surface area contributed by atoms with Crippen LogP contribution in [0.3, 0.4) is 0 Å². The molecule has 1 fully saturated rings. The second-order valence-electron chi connectivity index (χ2n) is 8.93. The van der Waals surface area contributed by atoms with E-state index in [2.05, 4.69) is 4.90 Å². The normalized spacial score (nSPS) is 14.4. The molecule has 1 aromatic carbocycles. The first kappa shape index (κ1) is 27.4. The lowest BCUT2D eigenvalue weighted by molar-refractivity contribution is -0.132. The average Bonchev–Trinajstić information content (AvgIpc) is 3.49. The van der Waals surface area contributed by atoms with E-state index in [-0.39, 0.29) is 12.5 Å². The number of sulfonamides is 1. The first-order valence-electron chi connectivity index (χ1n) is 11.9. The van der Waals surface area contributed by atoms with Gasteiger partial charge in [-0.25, -0.2) is 8.42 Å². The Morgan fingerprint density at radius 1 is 1.09 bits per heavy atom. The van der Waals surface area contributed by atoms with Gasteiger partial charge in [0.25, 0.3) is 0 Å². The van der Waals surface area contributed by atoms with E-state index in [0.29, 0.717) is 44.1 Å². The molecular weight excluding hydrogens is 486 g/mol. The maximum Gasteiger partial charge on any atom is 0.238 e. The van der Waals surface area contributed by atoms with Crippen molar-refractivity contribution >= 4 is 27.3 Å². The summed E-state index contributed by atoms with van der Waals surface area (Å²) in [5.41, 5.74) is 2.14. The van der Waals surface area contributed by atoms with Gasteiger partial charge in [-0.3, -0.25) is 4.79 Å². The summed E-state index contributed by atoms with van der Waals surface area (Å²) >= 11 is 1.61. The molecule has 0 radical (unpaired) electrons. The highest BCUT2D eigenvalue weighted by molar-refractivity contribution is 7.88. The maximum atomic E-state index is 13.4. The van der Waals surface area contributed by atoms with Crippen molar-refractivity contribution in [2.24, 2.45) is 0 Å². The minimum absolute atomic E-state index is 0.150. The van der Waals surface area contributed by atoms with Crippen LogP contribution in [0.2, 0.25) is 0 Å². The minimum atomic E-state index is -3.51. The molecule has 35 heavy (non-hydrogen) atoms. The van der Waals surface area contributed by atoms with Crippen LogP contribution >= 0.6 is 11.3 Å². The SMILES string of the molecule is COc1ccc(CCN(Cc2sccc2C)C(=O)CN(CCN2CCCC2)S(C)(=O)=O)cc1OC. The number of likely N-dealkylation sites (tertiary alicyclic amines) is 1. The van der Waals surface area contributed by atoms with Gasteiger partial charge in [0.1, 0.15) is 0 Å². The van der Waals surface area contributed by atoms with Crippen molar-refractivity contribution in [3.05, 3.63) is 45.6 Å². The fourth-order valence-corrected chi connectivity index (χ4v) is 5.88. The molecule has 0 bridgehead atoms. The number of hydrogen-bond acceptors (Lipinski definition) is 7. The number of ether oxygens (including phenoxy) is 2. The van der Waals surface area contributed by atoms with E-state index in [1.54, 1.807) is 30.5 Å². The van der Waals surface area contributed by atoms with Gasteiger partial charge in [-0.1, -0.05) is 6.07 Å². The molecule has 0 N–H and O–H groups in total. The van der Waals surface area contributed by atoms with Crippen LogP contribution in [-0.2, 0) is 27.8 Å². The third kappa shape index (κ3) is 7.93. The van der Waals surface area contributed by atoms with Crippen LogP contribution in [0.1, 0.15) is 28.8 Å². The molecule has 2 heterocycles. The highest BCUT2D eigenvalue weighted by Gasteiger charge is 2.25. The minimum Gasteiger partial charge on any atom is -0.493 e. The summed E-state index contributed by atoms with van der Waals surface area (Å²) in [5, 5.41) is 2.01. The van der Waals surface area contributed by atoms with Crippen LogP contribution in [0, 0.1) is 6.92 Å². The molecule has 194 valence electrons. The molecule has 1 aromatic heterocycles. The van der Waals surface area contributed by atoms with Crippen LogP contribution in [0.4, 0.5) is 0 Å². The van der Waals surface area contributed by atoms with Crippen LogP contribution in [0.15, 0.2) is 29.6 Å². The second-order valence-corrected chi connectivity index (χ2v) is 11.9. The number of thiophene rings is 1. The third-order valence-electron chi connectivity index (χ3n) is 6.42. The lowest BCUT2D eigenvalue weighted by atomic mass is 10.1. The number of nitrogens with zero attached hydrogens (tertiary/aromatic N) is 3. The molecule has 1 saturated heterocycles. The standard InChI is InChI=1S/C25H37N3O5S2/c1-20-10-16-34-24(20)18-27(13-9-21-7-8-22(32-2)23(17-21)33-3)25(29)19-28(35(4,30)31)15-14-26-11-5-6-12-26/h7-8,10,16-17H,5-6,9,11-15,18-19H2,1-4H3. The Hall–Kier alpha value is -2.14. The smallest absolute Gasteiger partial charge is 0.238 e. The van der Waals surface area contributed by atoms with Crippen molar-refractivity contribution in [3.63, 3.8) is 0 Å². The summed E-state index contributed by atoms with van der Waals surface area (Å²) in [7, 11) is -0.316. The summed E-state index contributed by atoms with van der Waals surface area (Å²) in [5.74, 6) is 1.10. The van der Waals surface area contributed by atoms with Gasteiger partial charge in [0.15, 0.2) is 11.5 Å². The van der Waals surface area contributed by atoms with E-state index in [4.69, 9.17) is 9.47 Å². The quantitative estimate of drug-likeness (QED) is 0.402. The molecule has 0 aliphatic carbocycles. The van der Waals surface area contributed by atoms with Crippen molar-refractivity contribution in [3.8, 4) is 11.5 Å². The summed E-state index contributed by atoms with van der Waals surface area (Å²) in [6.07, 6.45) is 4.08. The molecule has 1 aliphatic rings. The molecule has 0 spiro atoms. The molecule has 10 heteroatoms. The fourth-order valence-electron chi connectivity index (χ4n) is 4.20. The molecule has 0 saturated carbocycles. The summed E-state index contributed by atoms with van der Waals surface area (Å²) in [6, 6.07) is 7.76. The molecule has 1 amide bonds. The zero-order chi connectivity index (χ0) is 25.4. The van der Waals surface area contributed by atoms with Crippen molar-refractivity contribution in [1.29, 1.82) is 0 Å². The number of aryl methyl sites for hydroxylation is 1. The second kappa shape index (κ2) is 12.7. The first-order chi connectivity index (χ1) is 16.7. The fraction of sp³-hybridized carbons (Fsp3) is 0.560. The van der Waals surface area contributed by atoms with E-state index >= 15 is 0 Å². The largest absolute Gasteiger partial charge is 0.493 e. The lowest BCUT2D eigenvalue weighted by Gasteiger charge is -2.27. The van der Waals surface area contributed by atoms with Crippen LogP contribution in [0.5, 0.6) is 11.5 Å². The topological polar surface area (TPSA) is 79.4 Å². The highest BCUT2D eigenvalue weighted by Crippen LogP contribution is 2.28. The van der Waals surface area contributed by atoms with Gasteiger partial charge >= 0.3 is 0 Å². The molecule has 3 rings (SSSR count). The Bertz CT molecular complexity index is 1080. The Labute approximate surface area is 213 Å². The number of benzene rings is 1. The highest BCUT2D eigenvalue weighted by atomic mass is 32.2. The first-order valence-corrected chi connectivity index (χ1v) is 14.6. The number of carbonyl (C=O) groups is 1. The van der Waals surface area contributed by atoms with Gasteiger partial charge < -0.3 is 19.3 Å². The van der Waals surface area contributed by atoms with E-state index in [1.165, 1.54) is 10.6 Å².